The van der Waals surface area contributed by atoms with Crippen molar-refractivity contribution in [3.05, 3.63) is 59.3 Å². The Morgan fingerprint density at radius 3 is 2.97 bits per heavy atom. The van der Waals surface area contributed by atoms with E-state index in [4.69, 9.17) is 4.99 Å². The summed E-state index contributed by atoms with van der Waals surface area (Å²) >= 11 is 0. The number of benzene rings is 1. The maximum atomic E-state index is 4.71. The fraction of sp³-hybridized carbons (Fsp3) is 0.500. The topological polar surface area (TPSA) is 29.3 Å². The molecule has 1 aliphatic carbocycles. The molecule has 1 N–H and O–H groups in total. The molecule has 0 bridgehead atoms. The summed E-state index contributed by atoms with van der Waals surface area (Å²) < 4.78 is 2.42. The molecule has 1 aliphatic heterocycles. The lowest BCUT2D eigenvalue weighted by atomic mass is 9.90. The molecule has 3 atom stereocenters. The minimum absolute atomic E-state index is 0.521. The summed E-state index contributed by atoms with van der Waals surface area (Å²) in [6.07, 6.45) is 10.3. The van der Waals surface area contributed by atoms with Crippen LogP contribution in [0.4, 0.5) is 5.82 Å². The predicted molar refractivity (Wildman–Crippen MR) is 124 cm³/mol. The summed E-state index contributed by atoms with van der Waals surface area (Å²) in [5, 5.41) is 3.62. The largest absolute Gasteiger partial charge is 0.329 e. The van der Waals surface area contributed by atoms with Crippen molar-refractivity contribution in [3.63, 3.8) is 0 Å². The Bertz CT molecular complexity index is 905. The van der Waals surface area contributed by atoms with Crippen LogP contribution in [-0.2, 0) is 19.4 Å². The summed E-state index contributed by atoms with van der Waals surface area (Å²) in [5.74, 6) is 2.48. The molecule has 0 spiro atoms. The van der Waals surface area contributed by atoms with Crippen molar-refractivity contribution in [1.82, 2.24) is 9.88 Å². The summed E-state index contributed by atoms with van der Waals surface area (Å²) in [4.78, 5) is 4.71. The number of aliphatic imine (C=N–C) groups is 1. The van der Waals surface area contributed by atoms with Gasteiger partial charge in [-0.25, -0.2) is 4.99 Å². The van der Waals surface area contributed by atoms with E-state index in [1.54, 1.807) is 16.7 Å². The van der Waals surface area contributed by atoms with Crippen LogP contribution in [0, 0.1) is 11.8 Å². The molecule has 154 valence electrons. The number of aryl methyl sites for hydroxylation is 1. The van der Waals surface area contributed by atoms with Crippen molar-refractivity contribution < 1.29 is 0 Å². The van der Waals surface area contributed by atoms with Crippen molar-refractivity contribution in [2.24, 2.45) is 16.8 Å². The molecule has 1 aromatic heterocycles. The highest BCUT2D eigenvalue weighted by molar-refractivity contribution is 5.73. The van der Waals surface area contributed by atoms with Crippen LogP contribution in [0.3, 0.4) is 0 Å². The first-order chi connectivity index (χ1) is 14.1. The monoisotopic (exact) mass is 389 g/mol. The fourth-order valence-corrected chi connectivity index (χ4v) is 5.47. The number of hydrogen-bond acceptors (Lipinski definition) is 2. The van der Waals surface area contributed by atoms with Crippen LogP contribution >= 0.6 is 0 Å². The normalized spacial score (nSPS) is 24.6. The molecule has 3 unspecified atom stereocenters. The quantitative estimate of drug-likeness (QED) is 0.614. The summed E-state index contributed by atoms with van der Waals surface area (Å²) in [5.41, 5.74) is 6.97. The third-order valence-electron chi connectivity index (χ3n) is 6.87. The minimum atomic E-state index is 0.521. The highest BCUT2D eigenvalue weighted by Crippen LogP contribution is 2.44. The lowest BCUT2D eigenvalue weighted by molar-refractivity contribution is 0.411. The third kappa shape index (κ3) is 4.11. The number of nitrogens with zero attached hydrogens (tertiary/aromatic N) is 2. The van der Waals surface area contributed by atoms with Gasteiger partial charge in [0.05, 0.1) is 0 Å². The number of allylic oxidation sites excluding steroid dienone is 1. The second-order valence-electron chi connectivity index (χ2n) is 9.05. The lowest BCUT2D eigenvalue weighted by Gasteiger charge is -2.20. The van der Waals surface area contributed by atoms with Gasteiger partial charge in [0.25, 0.3) is 0 Å². The zero-order valence-corrected chi connectivity index (χ0v) is 18.2. The average Bonchev–Trinajstić information content (AvgIpc) is 3.16. The van der Waals surface area contributed by atoms with Gasteiger partial charge in [-0.1, -0.05) is 31.7 Å². The second-order valence-corrected chi connectivity index (χ2v) is 9.05. The van der Waals surface area contributed by atoms with Gasteiger partial charge in [0.2, 0.25) is 0 Å². The number of aromatic nitrogens is 1. The average molecular weight is 390 g/mol. The molecule has 0 amide bonds. The van der Waals surface area contributed by atoms with E-state index >= 15 is 0 Å². The first kappa shape index (κ1) is 20.2. The zero-order valence-electron chi connectivity index (χ0n) is 18.2. The van der Waals surface area contributed by atoms with Gasteiger partial charge in [-0.2, -0.15) is 0 Å². The van der Waals surface area contributed by atoms with Crippen molar-refractivity contribution in [3.8, 4) is 0 Å². The molecule has 0 saturated heterocycles. The van der Waals surface area contributed by atoms with E-state index in [-0.39, 0.29) is 0 Å². The van der Waals surface area contributed by atoms with E-state index in [1.165, 1.54) is 37.7 Å². The van der Waals surface area contributed by atoms with Gasteiger partial charge in [-0.3, -0.25) is 0 Å². The van der Waals surface area contributed by atoms with E-state index in [0.717, 1.165) is 30.4 Å². The number of nitrogens with one attached hydrogen (secondary N) is 1. The first-order valence-corrected chi connectivity index (χ1v) is 11.2. The van der Waals surface area contributed by atoms with Crippen molar-refractivity contribution in [1.29, 1.82) is 0 Å². The summed E-state index contributed by atoms with van der Waals surface area (Å²) in [6.45, 7) is 12.8. The second kappa shape index (κ2) is 8.71. The fourth-order valence-electron chi connectivity index (χ4n) is 5.47. The Balaban J connectivity index is 1.56. The van der Waals surface area contributed by atoms with Crippen LogP contribution in [0.15, 0.2) is 42.0 Å². The minimum Gasteiger partial charge on any atom is -0.329 e. The first-order valence-electron chi connectivity index (χ1n) is 11.2. The molecule has 3 heteroatoms. The standard InChI is InChI=1S/C26H35N3/c1-5-28-26-23(18(2)3)11-13-29(26)25-16-20(14-19(25)4)15-22-9-6-8-21-10-7-12-27-17-24(21)22/h5-6,8-9,11,13,19-20,25,27H,2,7,10,12,14-17H2,1,3-4H3/b28-5-. The van der Waals surface area contributed by atoms with Crippen LogP contribution in [0.25, 0.3) is 5.57 Å². The van der Waals surface area contributed by atoms with Crippen molar-refractivity contribution in [2.75, 3.05) is 6.54 Å². The molecule has 0 radical (unpaired) electrons. The van der Waals surface area contributed by atoms with Gasteiger partial charge in [0.1, 0.15) is 5.82 Å². The van der Waals surface area contributed by atoms with Crippen molar-refractivity contribution >= 4 is 17.6 Å². The lowest BCUT2D eigenvalue weighted by Crippen LogP contribution is -2.14. The predicted octanol–water partition coefficient (Wildman–Crippen LogP) is 6.11. The molecule has 2 aliphatic rings. The molecule has 29 heavy (non-hydrogen) atoms. The molecular weight excluding hydrogens is 354 g/mol. The maximum absolute atomic E-state index is 4.71. The highest BCUT2D eigenvalue weighted by atomic mass is 15.1. The van der Waals surface area contributed by atoms with Crippen LogP contribution in [0.2, 0.25) is 0 Å². The van der Waals surface area contributed by atoms with Crippen LogP contribution in [-0.4, -0.2) is 17.3 Å². The van der Waals surface area contributed by atoms with Gasteiger partial charge < -0.3 is 9.88 Å². The Kier molecular flexibility index (Phi) is 6.05. The molecule has 4 rings (SSSR count). The van der Waals surface area contributed by atoms with Gasteiger partial charge in [-0.15, -0.1) is 0 Å². The van der Waals surface area contributed by atoms with E-state index in [9.17, 15) is 0 Å². The highest BCUT2D eigenvalue weighted by Gasteiger charge is 2.34. The molecule has 1 saturated carbocycles. The van der Waals surface area contributed by atoms with E-state index in [1.807, 2.05) is 13.1 Å². The van der Waals surface area contributed by atoms with Crippen LogP contribution < -0.4 is 5.32 Å². The van der Waals surface area contributed by atoms with Crippen molar-refractivity contribution in [2.45, 2.75) is 65.5 Å². The molecule has 2 heterocycles. The molecular formula is C26H35N3. The SMILES string of the molecule is C=C(C)c1ccn(C2CC(Cc3cccc4c3CNCCC4)CC2C)c1/N=C\C. The number of rotatable bonds is 5. The van der Waals surface area contributed by atoms with E-state index in [2.05, 4.69) is 60.8 Å². The van der Waals surface area contributed by atoms with Gasteiger partial charge in [0, 0.05) is 30.6 Å². The van der Waals surface area contributed by atoms with Gasteiger partial charge >= 0.3 is 0 Å². The van der Waals surface area contributed by atoms with E-state index in [0.29, 0.717) is 12.0 Å². The Labute approximate surface area is 175 Å². The van der Waals surface area contributed by atoms with Gasteiger partial charge in [-0.05, 0) is 92.7 Å². The Morgan fingerprint density at radius 2 is 2.17 bits per heavy atom. The van der Waals surface area contributed by atoms with Crippen LogP contribution in [0.1, 0.15) is 68.3 Å². The zero-order chi connectivity index (χ0) is 20.4. The molecule has 1 fully saturated rings. The summed E-state index contributed by atoms with van der Waals surface area (Å²) in [6, 6.07) is 9.68. The Hall–Kier alpha value is -2.13. The number of fused-ring (bicyclic) bond motifs is 1. The molecule has 3 nitrogen and oxygen atoms in total. The summed E-state index contributed by atoms with van der Waals surface area (Å²) in [7, 11) is 0. The maximum Gasteiger partial charge on any atom is 0.139 e. The third-order valence-corrected chi connectivity index (χ3v) is 6.87. The van der Waals surface area contributed by atoms with Gasteiger partial charge in [0.15, 0.2) is 0 Å². The van der Waals surface area contributed by atoms with Crippen LogP contribution in [0.5, 0.6) is 0 Å². The Morgan fingerprint density at radius 1 is 1.31 bits per heavy atom. The van der Waals surface area contributed by atoms with E-state index < -0.39 is 0 Å². The molecule has 1 aromatic carbocycles. The smallest absolute Gasteiger partial charge is 0.139 e. The molecule has 2 aromatic rings. The number of hydrogen-bond donors (Lipinski definition) is 1.